The van der Waals surface area contributed by atoms with Gasteiger partial charge in [0.2, 0.25) is 15.9 Å². The lowest BCUT2D eigenvalue weighted by Crippen LogP contribution is -2.27. The molecule has 0 amide bonds. The minimum atomic E-state index is -3.58. The van der Waals surface area contributed by atoms with Gasteiger partial charge in [0.1, 0.15) is 11.9 Å². The molecule has 0 aromatic carbocycles. The molecule has 1 atom stereocenters. The van der Waals surface area contributed by atoms with E-state index in [1.54, 1.807) is 13.0 Å². The Labute approximate surface area is 146 Å². The number of hydrogen-bond acceptors (Lipinski definition) is 8. The van der Waals surface area contributed by atoms with E-state index in [1.165, 1.54) is 7.05 Å². The van der Waals surface area contributed by atoms with E-state index in [1.807, 2.05) is 6.92 Å². The van der Waals surface area contributed by atoms with Crippen LogP contribution in [0.1, 0.15) is 61.9 Å². The van der Waals surface area contributed by atoms with Gasteiger partial charge in [-0.1, -0.05) is 10.3 Å². The van der Waals surface area contributed by atoms with Crippen molar-refractivity contribution < 1.29 is 22.2 Å². The molecule has 2 aromatic rings. The van der Waals surface area contributed by atoms with Crippen molar-refractivity contribution in [2.45, 2.75) is 51.0 Å². The van der Waals surface area contributed by atoms with Crippen molar-refractivity contribution in [2.24, 2.45) is 0 Å². The number of sulfonamides is 1. The normalized spacial score (nSPS) is 16.5. The van der Waals surface area contributed by atoms with Crippen molar-refractivity contribution in [1.29, 1.82) is 0 Å². The van der Waals surface area contributed by atoms with Crippen LogP contribution in [0.25, 0.3) is 0 Å². The van der Waals surface area contributed by atoms with Gasteiger partial charge in [0, 0.05) is 25.6 Å². The first kappa shape index (κ1) is 18.0. The maximum atomic E-state index is 12.5. The van der Waals surface area contributed by atoms with E-state index in [0.29, 0.717) is 24.1 Å². The number of ether oxygens (including phenoxy) is 1. The second kappa shape index (κ2) is 7.22. The fourth-order valence-electron chi connectivity index (χ4n) is 2.37. The predicted octanol–water partition coefficient (Wildman–Crippen LogP) is 1.99. The summed E-state index contributed by atoms with van der Waals surface area (Å²) >= 11 is 0. The van der Waals surface area contributed by atoms with Crippen molar-refractivity contribution in [1.82, 2.24) is 19.6 Å². The molecule has 2 aromatic heterocycles. The van der Waals surface area contributed by atoms with E-state index >= 15 is 0 Å². The van der Waals surface area contributed by atoms with Gasteiger partial charge in [-0.25, -0.2) is 8.42 Å². The lowest BCUT2D eigenvalue weighted by atomic mass is 10.3. The molecule has 0 saturated heterocycles. The van der Waals surface area contributed by atoms with Gasteiger partial charge in [-0.05, 0) is 26.7 Å². The quantitative estimate of drug-likeness (QED) is 0.659. The molecule has 0 spiro atoms. The summed E-state index contributed by atoms with van der Waals surface area (Å²) in [6, 6.07) is 1.72. The molecule has 2 heterocycles. The van der Waals surface area contributed by atoms with Crippen LogP contribution in [0.5, 0.6) is 0 Å². The number of hydrogen-bond donors (Lipinski definition) is 0. The van der Waals surface area contributed by atoms with Crippen LogP contribution in [0.2, 0.25) is 0 Å². The summed E-state index contributed by atoms with van der Waals surface area (Å²) in [4.78, 5) is 4.18. The number of rotatable bonds is 9. The summed E-state index contributed by atoms with van der Waals surface area (Å²) in [6.45, 7) is 4.19. The maximum Gasteiger partial charge on any atom is 0.242 e. The van der Waals surface area contributed by atoms with E-state index in [4.69, 9.17) is 13.8 Å². The molecule has 0 aliphatic heterocycles. The van der Waals surface area contributed by atoms with Gasteiger partial charge in [-0.3, -0.25) is 0 Å². The zero-order valence-corrected chi connectivity index (χ0v) is 15.3. The van der Waals surface area contributed by atoms with Gasteiger partial charge in [-0.15, -0.1) is 0 Å². The van der Waals surface area contributed by atoms with Gasteiger partial charge >= 0.3 is 0 Å². The smallest absolute Gasteiger partial charge is 0.242 e. The zero-order valence-electron chi connectivity index (χ0n) is 14.5. The monoisotopic (exact) mass is 370 g/mol. The molecule has 0 N–H and O–H groups in total. The van der Waals surface area contributed by atoms with Crippen LogP contribution < -0.4 is 0 Å². The maximum absolute atomic E-state index is 12.5. The fraction of sp³-hybridized carbons (Fsp3) is 0.667. The highest BCUT2D eigenvalue weighted by atomic mass is 32.2. The van der Waals surface area contributed by atoms with Crippen LogP contribution in [0.3, 0.4) is 0 Å². The molecule has 0 radical (unpaired) electrons. The van der Waals surface area contributed by atoms with Gasteiger partial charge < -0.3 is 13.8 Å². The minimum Gasteiger partial charge on any atom is -0.371 e. The SMILES string of the molecule is CCOC(C)c1noc(CN(C)S(=O)(=O)Cc2cc(C3CC3)no2)n1. The average molecular weight is 370 g/mol. The topological polar surface area (TPSA) is 112 Å². The van der Waals surface area contributed by atoms with Crippen LogP contribution in [-0.4, -0.2) is 41.7 Å². The summed E-state index contributed by atoms with van der Waals surface area (Å²) < 4.78 is 41.7. The van der Waals surface area contributed by atoms with Gasteiger partial charge in [-0.2, -0.15) is 9.29 Å². The van der Waals surface area contributed by atoms with Crippen LogP contribution >= 0.6 is 0 Å². The van der Waals surface area contributed by atoms with Crippen molar-refractivity contribution in [3.05, 3.63) is 29.2 Å². The van der Waals surface area contributed by atoms with Crippen LogP contribution in [0.4, 0.5) is 0 Å². The predicted molar refractivity (Wildman–Crippen MR) is 86.9 cm³/mol. The second-order valence-corrected chi connectivity index (χ2v) is 8.22. The Morgan fingerprint density at radius 2 is 2.12 bits per heavy atom. The molecule has 1 aliphatic rings. The van der Waals surface area contributed by atoms with E-state index < -0.39 is 10.0 Å². The molecule has 0 bridgehead atoms. The van der Waals surface area contributed by atoms with Crippen LogP contribution in [0.15, 0.2) is 15.1 Å². The fourth-order valence-corrected chi connectivity index (χ4v) is 3.39. The summed E-state index contributed by atoms with van der Waals surface area (Å²) in [7, 11) is -2.12. The molecule has 9 nitrogen and oxygen atoms in total. The second-order valence-electron chi connectivity index (χ2n) is 6.15. The summed E-state index contributed by atoms with van der Waals surface area (Å²) in [5.41, 5.74) is 0.833. The Hall–Kier alpha value is -1.78. The highest BCUT2D eigenvalue weighted by molar-refractivity contribution is 7.88. The minimum absolute atomic E-state index is 0.0161. The number of nitrogens with zero attached hydrogens (tertiary/aromatic N) is 4. The third-order valence-corrected chi connectivity index (χ3v) is 5.72. The van der Waals surface area contributed by atoms with E-state index in [-0.39, 0.29) is 24.3 Å². The molecule has 1 aliphatic carbocycles. The summed E-state index contributed by atoms with van der Waals surface area (Å²) in [6.07, 6.45) is 1.86. The van der Waals surface area contributed by atoms with Gasteiger partial charge in [0.05, 0.1) is 12.2 Å². The van der Waals surface area contributed by atoms with Crippen LogP contribution in [-0.2, 0) is 27.1 Å². The highest BCUT2D eigenvalue weighted by Gasteiger charge is 2.29. The van der Waals surface area contributed by atoms with Crippen molar-refractivity contribution in [3.63, 3.8) is 0 Å². The molecule has 1 fully saturated rings. The van der Waals surface area contributed by atoms with Crippen molar-refractivity contribution in [3.8, 4) is 0 Å². The molecule has 1 unspecified atom stereocenters. The molecule has 138 valence electrons. The van der Waals surface area contributed by atoms with Crippen molar-refractivity contribution in [2.75, 3.05) is 13.7 Å². The first-order chi connectivity index (χ1) is 11.9. The van der Waals surface area contributed by atoms with Gasteiger partial charge in [0.25, 0.3) is 0 Å². The Kier molecular flexibility index (Phi) is 5.21. The number of aromatic nitrogens is 3. The summed E-state index contributed by atoms with van der Waals surface area (Å²) in [5, 5.41) is 7.76. The molecular formula is C15H22N4O5S. The molecule has 3 rings (SSSR count). The Balaban J connectivity index is 1.61. The lowest BCUT2D eigenvalue weighted by molar-refractivity contribution is 0.0683. The Morgan fingerprint density at radius 1 is 1.36 bits per heavy atom. The molecule has 25 heavy (non-hydrogen) atoms. The average Bonchev–Trinajstić information content (AvgIpc) is 3.12. The van der Waals surface area contributed by atoms with E-state index in [9.17, 15) is 8.42 Å². The lowest BCUT2D eigenvalue weighted by Gasteiger charge is -2.13. The first-order valence-corrected chi connectivity index (χ1v) is 9.83. The molecule has 1 saturated carbocycles. The standard InChI is InChI=1S/C15H22N4O5S/c1-4-22-10(2)15-16-14(24-18-15)8-19(3)25(20,21)9-12-7-13(17-23-12)11-5-6-11/h7,10-11H,4-6,8-9H2,1-3H3. The van der Waals surface area contributed by atoms with Gasteiger partial charge in [0.15, 0.2) is 11.6 Å². The van der Waals surface area contributed by atoms with E-state index in [0.717, 1.165) is 22.8 Å². The zero-order chi connectivity index (χ0) is 18.0. The highest BCUT2D eigenvalue weighted by Crippen LogP contribution is 2.39. The molecular weight excluding hydrogens is 348 g/mol. The third-order valence-electron chi connectivity index (χ3n) is 3.99. The Bertz CT molecular complexity index is 812. The Morgan fingerprint density at radius 3 is 2.80 bits per heavy atom. The van der Waals surface area contributed by atoms with E-state index in [2.05, 4.69) is 15.3 Å². The van der Waals surface area contributed by atoms with Crippen molar-refractivity contribution >= 4 is 10.0 Å². The largest absolute Gasteiger partial charge is 0.371 e. The first-order valence-electron chi connectivity index (χ1n) is 8.22. The molecule has 10 heteroatoms. The third kappa shape index (κ3) is 4.44. The van der Waals surface area contributed by atoms with Crippen LogP contribution in [0, 0.1) is 0 Å². The summed E-state index contributed by atoms with van der Waals surface area (Å²) in [5.74, 6) is 1.11.